The zero-order valence-corrected chi connectivity index (χ0v) is 19.9. The van der Waals surface area contributed by atoms with Crippen LogP contribution in [-0.4, -0.2) is 29.2 Å². The number of pyridine rings is 1. The Labute approximate surface area is 191 Å². The van der Waals surface area contributed by atoms with Crippen molar-refractivity contribution in [1.29, 1.82) is 0 Å². The Bertz CT molecular complexity index is 1110. The fourth-order valence-electron chi connectivity index (χ4n) is 2.85. The van der Waals surface area contributed by atoms with E-state index in [1.165, 1.54) is 11.8 Å². The molecule has 160 valence electrons. The van der Waals surface area contributed by atoms with Crippen molar-refractivity contribution in [3.8, 4) is 0 Å². The smallest absolute Gasteiger partial charge is 0.209 e. The Kier molecular flexibility index (Phi) is 7.47. The van der Waals surface area contributed by atoms with Gasteiger partial charge in [-0.1, -0.05) is 48.8 Å². The normalized spacial score (nSPS) is 11.9. The average Bonchev–Trinajstić information content (AvgIpc) is 2.97. The van der Waals surface area contributed by atoms with Crippen molar-refractivity contribution in [1.82, 2.24) is 19.3 Å². The Balaban J connectivity index is 2.09. The monoisotopic (exact) mass is 484 g/mol. The van der Waals surface area contributed by atoms with Crippen molar-refractivity contribution in [2.75, 3.05) is 6.26 Å². The molecule has 0 aliphatic heterocycles. The molecule has 2 heterocycles. The third kappa shape index (κ3) is 6.21. The molecule has 1 N–H and O–H groups in total. The van der Waals surface area contributed by atoms with Gasteiger partial charge in [-0.2, -0.15) is 0 Å². The summed E-state index contributed by atoms with van der Waals surface area (Å²) >= 11 is 13.9. The summed E-state index contributed by atoms with van der Waals surface area (Å²) in [6, 6.07) is 9.23. The van der Waals surface area contributed by atoms with Gasteiger partial charge in [0.05, 0.1) is 18.5 Å². The summed E-state index contributed by atoms with van der Waals surface area (Å²) in [5, 5.41) is 2.02. The topological polar surface area (TPSA) is 76.9 Å². The van der Waals surface area contributed by atoms with E-state index in [1.807, 2.05) is 28.8 Å². The largest absolute Gasteiger partial charge is 0.317 e. The summed E-state index contributed by atoms with van der Waals surface area (Å²) < 4.78 is 27.9. The molecule has 3 rings (SSSR count). The van der Waals surface area contributed by atoms with Crippen LogP contribution in [0.3, 0.4) is 0 Å². The molecule has 0 radical (unpaired) electrons. The fraction of sp³-hybridized carbons (Fsp3) is 0.300. The third-order valence-corrected chi connectivity index (χ3v) is 6.40. The van der Waals surface area contributed by atoms with Crippen molar-refractivity contribution < 1.29 is 8.42 Å². The van der Waals surface area contributed by atoms with E-state index in [2.05, 4.69) is 23.6 Å². The summed E-state index contributed by atoms with van der Waals surface area (Å²) in [4.78, 5) is 9.74. The van der Waals surface area contributed by atoms with Gasteiger partial charge in [-0.05, 0) is 41.8 Å². The van der Waals surface area contributed by atoms with Crippen LogP contribution in [0.15, 0.2) is 52.6 Å². The minimum absolute atomic E-state index is 0.0977. The van der Waals surface area contributed by atoms with Gasteiger partial charge in [0.25, 0.3) is 0 Å². The number of nitrogens with one attached hydrogen (secondary N) is 1. The standard InChI is InChI=1S/C20H22Cl2N4O2S2/c1-13(2)19-20(29-17-9-15(21)8-16(22)10-17)26(12-14-4-6-23-7-5-14)18(25-19)11-24-30(3,27)28/h4-10,13,24H,11-12H2,1-3H3. The first kappa shape index (κ1) is 23.1. The van der Waals surface area contributed by atoms with Gasteiger partial charge in [-0.15, -0.1) is 0 Å². The predicted octanol–water partition coefficient (Wildman–Crippen LogP) is 4.96. The van der Waals surface area contributed by atoms with Crippen LogP contribution in [0, 0.1) is 0 Å². The van der Waals surface area contributed by atoms with Crippen molar-refractivity contribution in [3.63, 3.8) is 0 Å². The highest BCUT2D eigenvalue weighted by atomic mass is 35.5. The van der Waals surface area contributed by atoms with Crippen molar-refractivity contribution >= 4 is 45.0 Å². The van der Waals surface area contributed by atoms with Crippen molar-refractivity contribution in [3.05, 3.63) is 69.9 Å². The second kappa shape index (κ2) is 9.70. The number of sulfonamides is 1. The van der Waals surface area contributed by atoms with Gasteiger partial charge in [-0.25, -0.2) is 18.1 Å². The molecule has 0 unspecified atom stereocenters. The minimum atomic E-state index is -3.36. The van der Waals surface area contributed by atoms with E-state index in [1.54, 1.807) is 18.5 Å². The first-order chi connectivity index (χ1) is 14.1. The van der Waals surface area contributed by atoms with Crippen LogP contribution in [0.1, 0.15) is 36.8 Å². The summed E-state index contributed by atoms with van der Waals surface area (Å²) in [5.74, 6) is 0.773. The lowest BCUT2D eigenvalue weighted by molar-refractivity contribution is 0.580. The number of hydrogen-bond acceptors (Lipinski definition) is 5. The maximum atomic E-state index is 11.7. The SMILES string of the molecule is CC(C)c1nc(CNS(C)(=O)=O)n(Cc2ccncc2)c1Sc1cc(Cl)cc(Cl)c1. The van der Waals surface area contributed by atoms with E-state index in [0.29, 0.717) is 22.4 Å². The molecule has 0 aliphatic carbocycles. The van der Waals surface area contributed by atoms with Crippen LogP contribution < -0.4 is 4.72 Å². The molecule has 1 aromatic carbocycles. The number of rotatable bonds is 8. The number of imidazole rings is 1. The highest BCUT2D eigenvalue weighted by Crippen LogP contribution is 2.37. The molecule has 0 bridgehead atoms. The zero-order valence-electron chi connectivity index (χ0n) is 16.8. The van der Waals surface area contributed by atoms with Gasteiger partial charge < -0.3 is 4.57 Å². The van der Waals surface area contributed by atoms with Gasteiger partial charge in [0.2, 0.25) is 10.0 Å². The maximum Gasteiger partial charge on any atom is 0.209 e. The first-order valence-corrected chi connectivity index (χ1v) is 12.7. The molecule has 0 fully saturated rings. The Hall–Kier alpha value is -1.58. The van der Waals surface area contributed by atoms with Crippen LogP contribution in [0.25, 0.3) is 0 Å². The molecule has 0 spiro atoms. The van der Waals surface area contributed by atoms with Crippen LogP contribution in [0.5, 0.6) is 0 Å². The molecule has 0 saturated heterocycles. The van der Waals surface area contributed by atoms with Gasteiger partial charge >= 0.3 is 0 Å². The summed E-state index contributed by atoms with van der Waals surface area (Å²) in [6.45, 7) is 4.74. The van der Waals surface area contributed by atoms with Crippen molar-refractivity contribution in [2.24, 2.45) is 0 Å². The molecule has 0 amide bonds. The molecular weight excluding hydrogens is 463 g/mol. The summed E-state index contributed by atoms with van der Waals surface area (Å²) in [5.41, 5.74) is 1.92. The lowest BCUT2D eigenvalue weighted by Gasteiger charge is -2.14. The second-order valence-corrected chi connectivity index (χ2v) is 10.9. The lowest BCUT2D eigenvalue weighted by atomic mass is 10.1. The van der Waals surface area contributed by atoms with E-state index < -0.39 is 10.0 Å². The van der Waals surface area contributed by atoms with Gasteiger partial charge in [0.1, 0.15) is 10.9 Å². The number of aromatic nitrogens is 3. The molecule has 2 aromatic heterocycles. The van der Waals surface area contributed by atoms with Crippen LogP contribution in [0.4, 0.5) is 0 Å². The quantitative estimate of drug-likeness (QED) is 0.488. The van der Waals surface area contributed by atoms with Gasteiger partial charge in [0, 0.05) is 33.9 Å². The molecule has 6 nitrogen and oxygen atoms in total. The molecule has 3 aromatic rings. The molecule has 30 heavy (non-hydrogen) atoms. The number of halogens is 2. The van der Waals surface area contributed by atoms with E-state index in [4.69, 9.17) is 28.2 Å². The van der Waals surface area contributed by atoms with Gasteiger partial charge in [0.15, 0.2) is 0 Å². The third-order valence-electron chi connectivity index (χ3n) is 4.21. The first-order valence-electron chi connectivity index (χ1n) is 9.19. The van der Waals surface area contributed by atoms with Crippen molar-refractivity contribution in [2.45, 2.75) is 42.8 Å². The van der Waals surface area contributed by atoms with E-state index in [-0.39, 0.29) is 12.5 Å². The number of hydrogen-bond donors (Lipinski definition) is 1. The Morgan fingerprint density at radius 2 is 1.77 bits per heavy atom. The molecule has 0 aliphatic rings. The second-order valence-electron chi connectivity index (χ2n) is 7.12. The zero-order chi connectivity index (χ0) is 21.9. The lowest BCUT2D eigenvalue weighted by Crippen LogP contribution is -2.23. The van der Waals surface area contributed by atoms with E-state index in [0.717, 1.165) is 27.4 Å². The minimum Gasteiger partial charge on any atom is -0.317 e. The summed E-state index contributed by atoms with van der Waals surface area (Å²) in [7, 11) is -3.36. The highest BCUT2D eigenvalue weighted by Gasteiger charge is 2.21. The Morgan fingerprint density at radius 1 is 1.13 bits per heavy atom. The molecule has 0 atom stereocenters. The molecular formula is C20H22Cl2N4O2S2. The number of nitrogens with zero attached hydrogens (tertiary/aromatic N) is 3. The van der Waals surface area contributed by atoms with E-state index in [9.17, 15) is 8.42 Å². The molecule has 10 heteroatoms. The number of benzene rings is 1. The maximum absolute atomic E-state index is 11.7. The van der Waals surface area contributed by atoms with Gasteiger partial charge in [-0.3, -0.25) is 4.98 Å². The highest BCUT2D eigenvalue weighted by molar-refractivity contribution is 7.99. The molecule has 0 saturated carbocycles. The van der Waals surface area contributed by atoms with Crippen LogP contribution in [-0.2, 0) is 23.1 Å². The fourth-order valence-corrected chi connectivity index (χ4v) is 5.16. The van der Waals surface area contributed by atoms with Crippen LogP contribution in [0.2, 0.25) is 10.0 Å². The van der Waals surface area contributed by atoms with E-state index >= 15 is 0 Å². The predicted molar refractivity (Wildman–Crippen MR) is 122 cm³/mol. The summed E-state index contributed by atoms with van der Waals surface area (Å²) in [6.07, 6.45) is 4.59. The average molecular weight is 485 g/mol. The Morgan fingerprint density at radius 3 is 2.33 bits per heavy atom. The van der Waals surface area contributed by atoms with Crippen LogP contribution >= 0.6 is 35.0 Å².